The van der Waals surface area contributed by atoms with E-state index in [4.69, 9.17) is 9.78 Å². The molecule has 0 aromatic heterocycles. The van der Waals surface area contributed by atoms with Crippen molar-refractivity contribution in [3.05, 3.63) is 34.3 Å². The molecule has 0 heterocycles. The normalized spacial score (nSPS) is 10.4. The quantitative estimate of drug-likeness (QED) is 0.443. The van der Waals surface area contributed by atoms with Crippen molar-refractivity contribution in [1.29, 1.82) is 0 Å². The van der Waals surface area contributed by atoms with Gasteiger partial charge in [0.05, 0.1) is 13.2 Å². The number of aryl methyl sites for hydroxylation is 1. The Balaban J connectivity index is 2.15. The lowest BCUT2D eigenvalue weighted by Crippen LogP contribution is -1.97. The molecule has 0 amide bonds. The van der Waals surface area contributed by atoms with Gasteiger partial charge in [0, 0.05) is 4.47 Å². The molecule has 0 saturated heterocycles. The Labute approximate surface area is 93.3 Å². The third-order valence-electron chi connectivity index (χ3n) is 1.81. The predicted octanol–water partition coefficient (Wildman–Crippen LogP) is 3.35. The summed E-state index contributed by atoms with van der Waals surface area (Å²) in [6.45, 7) is 3.18. The van der Waals surface area contributed by atoms with Crippen molar-refractivity contribution >= 4 is 15.9 Å². The minimum Gasteiger partial charge on any atom is -0.237 e. The lowest BCUT2D eigenvalue weighted by atomic mass is 10.1. The minimum atomic E-state index is 0.609. The number of rotatable bonds is 6. The van der Waals surface area contributed by atoms with E-state index in [9.17, 15) is 0 Å². The molecule has 78 valence electrons. The standard InChI is InChI=1S/C11H15BrO2/c1-2-13-14-9-3-4-10-5-7-11(12)8-6-10/h5-8H,2-4,9H2,1H3. The predicted molar refractivity (Wildman–Crippen MR) is 60.0 cm³/mol. The summed E-state index contributed by atoms with van der Waals surface area (Å²) < 4.78 is 1.12. The second kappa shape index (κ2) is 6.98. The molecule has 2 nitrogen and oxygen atoms in total. The molecule has 0 aliphatic heterocycles. The van der Waals surface area contributed by atoms with Gasteiger partial charge in [-0.25, -0.2) is 9.78 Å². The zero-order valence-corrected chi connectivity index (χ0v) is 9.92. The molecule has 3 heteroatoms. The topological polar surface area (TPSA) is 18.5 Å². The van der Waals surface area contributed by atoms with Crippen LogP contribution in [0.25, 0.3) is 0 Å². The molecule has 0 aliphatic carbocycles. The Hall–Kier alpha value is -0.380. The summed E-state index contributed by atoms with van der Waals surface area (Å²) in [4.78, 5) is 9.70. The van der Waals surface area contributed by atoms with Crippen LogP contribution in [0.2, 0.25) is 0 Å². The van der Waals surface area contributed by atoms with Crippen LogP contribution in [0, 0.1) is 0 Å². The second-order valence-corrected chi connectivity index (χ2v) is 3.87. The third kappa shape index (κ3) is 4.74. The Morgan fingerprint density at radius 3 is 2.50 bits per heavy atom. The molecule has 0 atom stereocenters. The Morgan fingerprint density at radius 2 is 1.86 bits per heavy atom. The molecule has 0 bridgehead atoms. The maximum atomic E-state index is 4.92. The van der Waals surface area contributed by atoms with Crippen LogP contribution in [0.4, 0.5) is 0 Å². The van der Waals surface area contributed by atoms with E-state index in [0.29, 0.717) is 13.2 Å². The van der Waals surface area contributed by atoms with Crippen molar-refractivity contribution in [3.8, 4) is 0 Å². The van der Waals surface area contributed by atoms with E-state index in [1.807, 2.05) is 6.92 Å². The highest BCUT2D eigenvalue weighted by Gasteiger charge is 1.93. The van der Waals surface area contributed by atoms with Crippen LogP contribution in [-0.4, -0.2) is 13.2 Å². The van der Waals surface area contributed by atoms with Gasteiger partial charge in [0.15, 0.2) is 0 Å². The van der Waals surface area contributed by atoms with Gasteiger partial charge in [-0.2, -0.15) is 0 Å². The van der Waals surface area contributed by atoms with Gasteiger partial charge in [0.25, 0.3) is 0 Å². The van der Waals surface area contributed by atoms with Gasteiger partial charge in [-0.3, -0.25) is 0 Å². The Bertz CT molecular complexity index is 246. The molecule has 1 aromatic carbocycles. The third-order valence-corrected chi connectivity index (χ3v) is 2.34. The van der Waals surface area contributed by atoms with Crippen molar-refractivity contribution < 1.29 is 9.78 Å². The molecular formula is C11H15BrO2. The molecule has 0 unspecified atom stereocenters. The van der Waals surface area contributed by atoms with Gasteiger partial charge in [-0.15, -0.1) is 0 Å². The molecule has 1 rings (SSSR count). The molecule has 0 saturated carbocycles. The van der Waals surface area contributed by atoms with Crippen LogP contribution in [0.5, 0.6) is 0 Å². The van der Waals surface area contributed by atoms with Crippen LogP contribution < -0.4 is 0 Å². The van der Waals surface area contributed by atoms with Crippen molar-refractivity contribution in [2.24, 2.45) is 0 Å². The SMILES string of the molecule is CCOOCCCc1ccc(Br)cc1. The van der Waals surface area contributed by atoms with E-state index in [-0.39, 0.29) is 0 Å². The monoisotopic (exact) mass is 258 g/mol. The molecule has 0 N–H and O–H groups in total. The molecule has 0 spiro atoms. The van der Waals surface area contributed by atoms with Crippen molar-refractivity contribution in [2.45, 2.75) is 19.8 Å². The molecule has 0 radical (unpaired) electrons. The maximum Gasteiger partial charge on any atom is 0.0825 e. The number of benzene rings is 1. The van der Waals surface area contributed by atoms with Crippen LogP contribution in [0.1, 0.15) is 18.9 Å². The van der Waals surface area contributed by atoms with Gasteiger partial charge in [-0.05, 0) is 37.5 Å². The molecular weight excluding hydrogens is 244 g/mol. The zero-order valence-electron chi connectivity index (χ0n) is 8.33. The highest BCUT2D eigenvalue weighted by Crippen LogP contribution is 2.11. The summed E-state index contributed by atoms with van der Waals surface area (Å²) >= 11 is 3.40. The highest BCUT2D eigenvalue weighted by molar-refractivity contribution is 9.10. The molecule has 14 heavy (non-hydrogen) atoms. The van der Waals surface area contributed by atoms with E-state index in [1.54, 1.807) is 0 Å². The van der Waals surface area contributed by atoms with Gasteiger partial charge in [-0.1, -0.05) is 28.1 Å². The fourth-order valence-electron chi connectivity index (χ4n) is 1.13. The fourth-order valence-corrected chi connectivity index (χ4v) is 1.39. The van der Waals surface area contributed by atoms with E-state index >= 15 is 0 Å². The summed E-state index contributed by atoms with van der Waals surface area (Å²) in [6, 6.07) is 8.34. The first-order valence-corrected chi connectivity index (χ1v) is 5.61. The van der Waals surface area contributed by atoms with Crippen molar-refractivity contribution in [1.82, 2.24) is 0 Å². The maximum absolute atomic E-state index is 4.92. The Kier molecular flexibility index (Phi) is 5.83. The summed E-state index contributed by atoms with van der Waals surface area (Å²) in [7, 11) is 0. The van der Waals surface area contributed by atoms with Crippen LogP contribution in [0.15, 0.2) is 28.7 Å². The van der Waals surface area contributed by atoms with Gasteiger partial charge in [0.2, 0.25) is 0 Å². The highest BCUT2D eigenvalue weighted by atomic mass is 79.9. The first kappa shape index (κ1) is 11.7. The zero-order chi connectivity index (χ0) is 10.2. The van der Waals surface area contributed by atoms with E-state index in [2.05, 4.69) is 40.2 Å². The summed E-state index contributed by atoms with van der Waals surface area (Å²) in [5, 5.41) is 0. The number of hydrogen-bond acceptors (Lipinski definition) is 2. The van der Waals surface area contributed by atoms with E-state index < -0.39 is 0 Å². The van der Waals surface area contributed by atoms with Gasteiger partial charge < -0.3 is 0 Å². The van der Waals surface area contributed by atoms with Gasteiger partial charge >= 0.3 is 0 Å². The Morgan fingerprint density at radius 1 is 1.14 bits per heavy atom. The smallest absolute Gasteiger partial charge is 0.0825 e. The van der Waals surface area contributed by atoms with E-state index in [0.717, 1.165) is 17.3 Å². The number of hydrogen-bond donors (Lipinski definition) is 0. The largest absolute Gasteiger partial charge is 0.237 e. The minimum absolute atomic E-state index is 0.609. The van der Waals surface area contributed by atoms with Crippen LogP contribution in [-0.2, 0) is 16.2 Å². The average Bonchev–Trinajstić information content (AvgIpc) is 2.21. The first-order chi connectivity index (χ1) is 6.83. The van der Waals surface area contributed by atoms with Gasteiger partial charge in [0.1, 0.15) is 0 Å². The summed E-state index contributed by atoms with van der Waals surface area (Å²) in [5.74, 6) is 0. The first-order valence-electron chi connectivity index (χ1n) is 4.82. The molecule has 0 aliphatic rings. The second-order valence-electron chi connectivity index (χ2n) is 2.96. The lowest BCUT2D eigenvalue weighted by molar-refractivity contribution is -0.291. The summed E-state index contributed by atoms with van der Waals surface area (Å²) in [5.41, 5.74) is 1.33. The fraction of sp³-hybridized carbons (Fsp3) is 0.455. The lowest BCUT2D eigenvalue weighted by Gasteiger charge is -2.02. The number of halogens is 1. The summed E-state index contributed by atoms with van der Waals surface area (Å²) in [6.07, 6.45) is 2.02. The van der Waals surface area contributed by atoms with E-state index in [1.165, 1.54) is 5.56 Å². The van der Waals surface area contributed by atoms with Crippen LogP contribution in [0.3, 0.4) is 0 Å². The molecule has 0 fully saturated rings. The average molecular weight is 259 g/mol. The van der Waals surface area contributed by atoms with Crippen molar-refractivity contribution in [3.63, 3.8) is 0 Å². The van der Waals surface area contributed by atoms with Crippen LogP contribution >= 0.6 is 15.9 Å². The van der Waals surface area contributed by atoms with Crippen molar-refractivity contribution in [2.75, 3.05) is 13.2 Å². The molecule has 1 aromatic rings.